The first-order chi connectivity index (χ1) is 16.9. The van der Waals surface area contributed by atoms with E-state index in [0.29, 0.717) is 28.5 Å². The Morgan fingerprint density at radius 2 is 1.91 bits per heavy atom. The molecule has 1 saturated carbocycles. The molecule has 1 heterocycles. The predicted octanol–water partition coefficient (Wildman–Crippen LogP) is 5.71. The molecule has 1 aliphatic carbocycles. The highest BCUT2D eigenvalue weighted by Crippen LogP contribution is 2.44. The molecule has 2 aliphatic rings. The van der Waals surface area contributed by atoms with Crippen LogP contribution >= 0.6 is 0 Å². The number of nitrogens with zero attached hydrogens (tertiary/aromatic N) is 2. The van der Waals surface area contributed by atoms with Crippen LogP contribution in [0.15, 0.2) is 53.9 Å². The van der Waals surface area contributed by atoms with Gasteiger partial charge in [0.15, 0.2) is 0 Å². The zero-order chi connectivity index (χ0) is 24.9. The van der Waals surface area contributed by atoms with Gasteiger partial charge in [0.25, 0.3) is 5.69 Å². The Balaban J connectivity index is 1.51. The maximum absolute atomic E-state index is 12.8. The first kappa shape index (κ1) is 24.3. The van der Waals surface area contributed by atoms with Crippen molar-refractivity contribution in [3.05, 3.63) is 75.2 Å². The number of benzene rings is 2. The summed E-state index contributed by atoms with van der Waals surface area (Å²) in [6.07, 6.45) is 7.47. The molecule has 2 aromatic carbocycles. The van der Waals surface area contributed by atoms with Crippen LogP contribution in [0, 0.1) is 33.3 Å². The molecule has 35 heavy (non-hydrogen) atoms. The average Bonchev–Trinajstić information content (AvgIpc) is 2.87. The van der Waals surface area contributed by atoms with Crippen molar-refractivity contribution in [3.63, 3.8) is 0 Å². The topological polar surface area (TPSA) is 128 Å². The van der Waals surface area contributed by atoms with Gasteiger partial charge in [0.2, 0.25) is 5.88 Å². The minimum Gasteiger partial charge on any atom is -0.440 e. The lowest BCUT2D eigenvalue weighted by Gasteiger charge is -2.28. The van der Waals surface area contributed by atoms with E-state index in [9.17, 15) is 20.2 Å². The first-order valence-corrected chi connectivity index (χ1v) is 12.1. The van der Waals surface area contributed by atoms with E-state index >= 15 is 0 Å². The Morgan fingerprint density at radius 1 is 1.20 bits per heavy atom. The Kier molecular flexibility index (Phi) is 7.35. The van der Waals surface area contributed by atoms with Gasteiger partial charge in [-0.25, -0.2) is 0 Å². The van der Waals surface area contributed by atoms with Crippen molar-refractivity contribution in [2.45, 2.75) is 57.8 Å². The second kappa shape index (κ2) is 10.6. The molecular weight excluding hydrogens is 446 g/mol. The Labute approximate surface area is 204 Å². The van der Waals surface area contributed by atoms with Crippen molar-refractivity contribution < 1.29 is 19.2 Å². The van der Waals surface area contributed by atoms with Crippen LogP contribution in [0.5, 0.6) is 11.5 Å². The summed E-state index contributed by atoms with van der Waals surface area (Å²) < 4.78 is 11.4. The number of nitriles is 1. The number of non-ortho nitro benzene ring substituents is 1. The molecule has 8 heteroatoms. The summed E-state index contributed by atoms with van der Waals surface area (Å²) in [5.41, 5.74) is 7.56. The summed E-state index contributed by atoms with van der Waals surface area (Å²) in [7, 11) is 0. The summed E-state index contributed by atoms with van der Waals surface area (Å²) in [4.78, 5) is 23.3. The number of fused-ring (bicyclic) bond motifs is 1. The number of esters is 1. The van der Waals surface area contributed by atoms with Crippen LogP contribution in [0.25, 0.3) is 0 Å². The number of nitro benzene ring substituents is 1. The molecule has 0 radical (unpaired) electrons. The van der Waals surface area contributed by atoms with Crippen molar-refractivity contribution in [2.75, 3.05) is 0 Å². The van der Waals surface area contributed by atoms with Gasteiger partial charge in [-0.1, -0.05) is 44.4 Å². The van der Waals surface area contributed by atoms with E-state index in [1.54, 1.807) is 30.3 Å². The molecule has 1 atom stereocenters. The van der Waals surface area contributed by atoms with Gasteiger partial charge in [0, 0.05) is 23.8 Å². The quantitative estimate of drug-likeness (QED) is 0.235. The molecule has 0 spiro atoms. The van der Waals surface area contributed by atoms with Gasteiger partial charge in [-0.05, 0) is 43.2 Å². The number of allylic oxidation sites excluding steroid dienone is 1. The lowest BCUT2D eigenvalue weighted by atomic mass is 9.80. The summed E-state index contributed by atoms with van der Waals surface area (Å²) in [6, 6.07) is 13.1. The van der Waals surface area contributed by atoms with Crippen molar-refractivity contribution in [1.29, 1.82) is 5.26 Å². The fraction of sp³-hybridized carbons (Fsp3) is 0.407. The van der Waals surface area contributed by atoms with E-state index in [1.165, 1.54) is 31.4 Å². The van der Waals surface area contributed by atoms with Crippen LogP contribution in [0.1, 0.15) is 68.9 Å². The summed E-state index contributed by atoms with van der Waals surface area (Å²) in [6.45, 7) is 2.20. The Hall–Kier alpha value is -3.86. The molecule has 2 aromatic rings. The smallest absolute Gasteiger partial charge is 0.314 e. The van der Waals surface area contributed by atoms with E-state index in [2.05, 4.69) is 13.0 Å². The van der Waals surface area contributed by atoms with Gasteiger partial charge in [-0.2, -0.15) is 5.26 Å². The molecule has 1 fully saturated rings. The van der Waals surface area contributed by atoms with Gasteiger partial charge in [0.1, 0.15) is 23.1 Å². The van der Waals surface area contributed by atoms with Gasteiger partial charge in [-0.3, -0.25) is 14.9 Å². The van der Waals surface area contributed by atoms with E-state index < -0.39 is 10.8 Å². The molecule has 4 rings (SSSR count). The van der Waals surface area contributed by atoms with Crippen molar-refractivity contribution in [1.82, 2.24) is 0 Å². The number of nitro groups is 1. The Morgan fingerprint density at radius 3 is 2.54 bits per heavy atom. The highest BCUT2D eigenvalue weighted by molar-refractivity contribution is 5.75. The zero-order valence-electron chi connectivity index (χ0n) is 19.7. The van der Waals surface area contributed by atoms with Crippen LogP contribution in [0.2, 0.25) is 0 Å². The maximum atomic E-state index is 12.8. The number of carbonyl (C=O) groups is 1. The SMILES string of the molecule is CCCCC1CCC(C(=O)Oc2ccc3c(c2)OC(N)=C(C#N)C3c2ccc([N+](=O)[O-])cc2)CC1. The molecule has 1 aliphatic heterocycles. The van der Waals surface area contributed by atoms with Gasteiger partial charge in [-0.15, -0.1) is 0 Å². The summed E-state index contributed by atoms with van der Waals surface area (Å²) >= 11 is 0. The second-order valence-electron chi connectivity index (χ2n) is 9.25. The molecular formula is C27H29N3O5. The third kappa shape index (κ3) is 5.29. The zero-order valence-corrected chi connectivity index (χ0v) is 19.7. The number of hydrogen-bond donors (Lipinski definition) is 1. The summed E-state index contributed by atoms with van der Waals surface area (Å²) in [5, 5.41) is 20.7. The Bertz CT molecular complexity index is 1170. The van der Waals surface area contributed by atoms with E-state index in [-0.39, 0.29) is 29.0 Å². The molecule has 182 valence electrons. The number of hydrogen-bond acceptors (Lipinski definition) is 7. The van der Waals surface area contributed by atoms with Crippen LogP contribution in [-0.2, 0) is 4.79 Å². The molecule has 1 unspecified atom stereocenters. The van der Waals surface area contributed by atoms with Crippen molar-refractivity contribution in [2.24, 2.45) is 17.6 Å². The minimum atomic E-state index is -0.548. The molecule has 0 saturated heterocycles. The lowest BCUT2D eigenvalue weighted by Crippen LogP contribution is -2.26. The molecule has 0 amide bonds. The minimum absolute atomic E-state index is 0.0434. The van der Waals surface area contributed by atoms with Crippen molar-refractivity contribution >= 4 is 11.7 Å². The third-order valence-corrected chi connectivity index (χ3v) is 6.99. The van der Waals surface area contributed by atoms with Gasteiger partial charge >= 0.3 is 5.97 Å². The molecule has 0 bridgehead atoms. The normalized spacial score (nSPS) is 21.4. The average molecular weight is 476 g/mol. The number of carbonyl (C=O) groups excluding carboxylic acids is 1. The summed E-state index contributed by atoms with van der Waals surface area (Å²) in [5.74, 6) is 0.521. The van der Waals surface area contributed by atoms with Gasteiger partial charge in [0.05, 0.1) is 16.8 Å². The second-order valence-corrected chi connectivity index (χ2v) is 9.25. The van der Waals surface area contributed by atoms with Crippen LogP contribution in [0.3, 0.4) is 0 Å². The van der Waals surface area contributed by atoms with Crippen LogP contribution < -0.4 is 15.2 Å². The standard InChI is InChI=1S/C27H29N3O5/c1-2-3-4-17-5-7-19(8-6-17)27(31)34-21-13-14-22-24(15-21)35-26(29)23(16-28)25(22)18-9-11-20(12-10-18)30(32)33/h9-15,17,19,25H,2-8,29H2,1H3. The van der Waals surface area contributed by atoms with E-state index in [0.717, 1.165) is 25.7 Å². The number of unbranched alkanes of at least 4 members (excludes halogenated alkanes) is 1. The fourth-order valence-corrected chi connectivity index (χ4v) is 5.01. The van der Waals surface area contributed by atoms with E-state index in [1.807, 2.05) is 0 Å². The lowest BCUT2D eigenvalue weighted by molar-refractivity contribution is -0.384. The van der Waals surface area contributed by atoms with E-state index in [4.69, 9.17) is 15.2 Å². The fourth-order valence-electron chi connectivity index (χ4n) is 5.01. The highest BCUT2D eigenvalue weighted by atomic mass is 16.6. The number of rotatable bonds is 7. The van der Waals surface area contributed by atoms with Crippen molar-refractivity contribution in [3.8, 4) is 17.6 Å². The molecule has 0 aromatic heterocycles. The van der Waals surface area contributed by atoms with Crippen LogP contribution in [0.4, 0.5) is 5.69 Å². The maximum Gasteiger partial charge on any atom is 0.314 e. The first-order valence-electron chi connectivity index (χ1n) is 12.1. The monoisotopic (exact) mass is 475 g/mol. The van der Waals surface area contributed by atoms with Gasteiger partial charge < -0.3 is 15.2 Å². The van der Waals surface area contributed by atoms with Crippen LogP contribution in [-0.4, -0.2) is 10.9 Å². The third-order valence-electron chi connectivity index (χ3n) is 6.99. The molecule has 2 N–H and O–H groups in total. The number of ether oxygens (including phenoxy) is 2. The number of nitrogens with two attached hydrogens (primary N) is 1. The highest BCUT2D eigenvalue weighted by Gasteiger charge is 2.32. The predicted molar refractivity (Wildman–Crippen MR) is 129 cm³/mol. The largest absolute Gasteiger partial charge is 0.440 e. The molecule has 8 nitrogen and oxygen atoms in total.